The van der Waals surface area contributed by atoms with Crippen molar-refractivity contribution >= 4 is 11.7 Å². The van der Waals surface area contributed by atoms with Crippen LogP contribution in [-0.4, -0.2) is 36.2 Å². The van der Waals surface area contributed by atoms with Crippen molar-refractivity contribution in [2.45, 2.75) is 45.4 Å². The van der Waals surface area contributed by atoms with Crippen LogP contribution in [0.1, 0.15) is 38.8 Å². The van der Waals surface area contributed by atoms with Gasteiger partial charge in [-0.05, 0) is 38.0 Å². The van der Waals surface area contributed by atoms with Crippen LogP contribution in [0.5, 0.6) is 0 Å². The normalized spacial score (nSPS) is 23.7. The lowest BCUT2D eigenvalue weighted by atomic mass is 10.1. The number of morpholine rings is 1. The third-order valence-electron chi connectivity index (χ3n) is 3.86. The van der Waals surface area contributed by atoms with Gasteiger partial charge in [-0.15, -0.1) is 0 Å². The third-order valence-corrected chi connectivity index (χ3v) is 3.86. The van der Waals surface area contributed by atoms with E-state index < -0.39 is 0 Å². The van der Waals surface area contributed by atoms with E-state index in [4.69, 9.17) is 10.5 Å². The Balaban J connectivity index is 2.07. The molecule has 1 saturated heterocycles. The third kappa shape index (κ3) is 3.95. The molecule has 116 valence electrons. The van der Waals surface area contributed by atoms with E-state index >= 15 is 0 Å². The summed E-state index contributed by atoms with van der Waals surface area (Å²) in [4.78, 5) is 14.4. The average Bonchev–Trinajstić information content (AvgIpc) is 2.47. The SMILES string of the molecule is CCC1COC(C)CN1C(=O)Nc1cccc(C(C)N)c1. The largest absolute Gasteiger partial charge is 0.375 e. The van der Waals surface area contributed by atoms with E-state index in [0.717, 1.165) is 17.7 Å². The van der Waals surface area contributed by atoms with Gasteiger partial charge in [-0.25, -0.2) is 4.79 Å². The van der Waals surface area contributed by atoms with Gasteiger partial charge in [0, 0.05) is 18.3 Å². The van der Waals surface area contributed by atoms with Gasteiger partial charge in [0.25, 0.3) is 0 Å². The summed E-state index contributed by atoms with van der Waals surface area (Å²) in [6.07, 6.45) is 0.967. The first-order chi connectivity index (χ1) is 10.0. The summed E-state index contributed by atoms with van der Waals surface area (Å²) in [7, 11) is 0. The lowest BCUT2D eigenvalue weighted by Crippen LogP contribution is -2.52. The maximum absolute atomic E-state index is 12.5. The van der Waals surface area contributed by atoms with Crippen LogP contribution in [0.15, 0.2) is 24.3 Å². The molecule has 0 spiro atoms. The Bertz CT molecular complexity index is 490. The summed E-state index contributed by atoms with van der Waals surface area (Å²) in [5.41, 5.74) is 7.67. The molecule has 0 aliphatic carbocycles. The van der Waals surface area contributed by atoms with E-state index in [9.17, 15) is 4.79 Å². The molecule has 1 fully saturated rings. The molecule has 3 atom stereocenters. The van der Waals surface area contributed by atoms with Crippen molar-refractivity contribution < 1.29 is 9.53 Å². The zero-order valence-electron chi connectivity index (χ0n) is 13.0. The number of urea groups is 1. The van der Waals surface area contributed by atoms with E-state index in [1.807, 2.05) is 43.0 Å². The standard InChI is InChI=1S/C16H25N3O2/c1-4-15-10-21-11(2)9-19(15)16(20)18-14-7-5-6-13(8-14)12(3)17/h5-8,11-12,15H,4,9-10,17H2,1-3H3,(H,18,20). The van der Waals surface area contributed by atoms with Gasteiger partial charge in [0.2, 0.25) is 0 Å². The summed E-state index contributed by atoms with van der Waals surface area (Å²) >= 11 is 0. The second-order valence-electron chi connectivity index (χ2n) is 5.70. The number of carbonyl (C=O) groups excluding carboxylic acids is 1. The van der Waals surface area contributed by atoms with Gasteiger partial charge < -0.3 is 20.7 Å². The van der Waals surface area contributed by atoms with Crippen molar-refractivity contribution in [3.8, 4) is 0 Å². The number of rotatable bonds is 3. The molecule has 3 unspecified atom stereocenters. The molecular formula is C16H25N3O2. The molecule has 2 amide bonds. The van der Waals surface area contributed by atoms with Crippen LogP contribution in [0.4, 0.5) is 10.5 Å². The Kier molecular flexibility index (Phi) is 5.20. The minimum absolute atomic E-state index is 0.0475. The van der Waals surface area contributed by atoms with Gasteiger partial charge >= 0.3 is 6.03 Å². The molecule has 5 nitrogen and oxygen atoms in total. The number of amides is 2. The number of hydrogen-bond acceptors (Lipinski definition) is 3. The van der Waals surface area contributed by atoms with Crippen LogP contribution in [0.25, 0.3) is 0 Å². The molecule has 0 bridgehead atoms. The van der Waals surface area contributed by atoms with Gasteiger partial charge in [-0.2, -0.15) is 0 Å². The molecule has 1 aromatic rings. The minimum Gasteiger partial charge on any atom is -0.375 e. The summed E-state index contributed by atoms with van der Waals surface area (Å²) in [5.74, 6) is 0. The van der Waals surface area contributed by atoms with Crippen molar-refractivity contribution in [3.05, 3.63) is 29.8 Å². The van der Waals surface area contributed by atoms with Crippen LogP contribution in [0, 0.1) is 0 Å². The quantitative estimate of drug-likeness (QED) is 0.899. The molecule has 1 aliphatic rings. The van der Waals surface area contributed by atoms with Crippen molar-refractivity contribution in [2.75, 3.05) is 18.5 Å². The predicted molar refractivity (Wildman–Crippen MR) is 84.3 cm³/mol. The maximum atomic E-state index is 12.5. The molecule has 1 heterocycles. The van der Waals surface area contributed by atoms with E-state index in [0.29, 0.717) is 13.2 Å². The number of hydrogen-bond donors (Lipinski definition) is 2. The van der Waals surface area contributed by atoms with Gasteiger partial charge in [-0.3, -0.25) is 0 Å². The number of carbonyl (C=O) groups is 1. The topological polar surface area (TPSA) is 67.6 Å². The van der Waals surface area contributed by atoms with Crippen LogP contribution in [0.3, 0.4) is 0 Å². The van der Waals surface area contributed by atoms with Gasteiger partial charge in [0.1, 0.15) is 0 Å². The Hall–Kier alpha value is -1.59. The molecule has 0 aromatic heterocycles. The van der Waals surface area contributed by atoms with Crippen LogP contribution in [-0.2, 0) is 4.74 Å². The molecule has 1 aromatic carbocycles. The zero-order chi connectivity index (χ0) is 15.4. The second kappa shape index (κ2) is 6.91. The lowest BCUT2D eigenvalue weighted by molar-refractivity contribution is -0.0357. The number of nitrogens with zero attached hydrogens (tertiary/aromatic N) is 1. The van der Waals surface area contributed by atoms with Gasteiger partial charge in [0.05, 0.1) is 18.8 Å². The van der Waals surface area contributed by atoms with E-state index in [1.54, 1.807) is 0 Å². The summed E-state index contributed by atoms with van der Waals surface area (Å²) < 4.78 is 5.62. The van der Waals surface area contributed by atoms with E-state index in [-0.39, 0.29) is 24.2 Å². The van der Waals surface area contributed by atoms with Crippen molar-refractivity contribution in [1.82, 2.24) is 4.90 Å². The van der Waals surface area contributed by atoms with Crippen LogP contribution < -0.4 is 11.1 Å². The lowest BCUT2D eigenvalue weighted by Gasteiger charge is -2.38. The highest BCUT2D eigenvalue weighted by Crippen LogP contribution is 2.19. The van der Waals surface area contributed by atoms with Crippen molar-refractivity contribution in [3.63, 3.8) is 0 Å². The molecule has 21 heavy (non-hydrogen) atoms. The molecule has 0 radical (unpaired) electrons. The summed E-state index contributed by atoms with van der Waals surface area (Å²) in [6, 6.07) is 7.70. The zero-order valence-corrected chi connectivity index (χ0v) is 13.0. The highest BCUT2D eigenvalue weighted by molar-refractivity contribution is 5.89. The van der Waals surface area contributed by atoms with Crippen molar-refractivity contribution in [2.24, 2.45) is 5.73 Å². The van der Waals surface area contributed by atoms with Crippen molar-refractivity contribution in [1.29, 1.82) is 0 Å². The fourth-order valence-electron chi connectivity index (χ4n) is 2.53. The van der Waals surface area contributed by atoms with Gasteiger partial charge in [0.15, 0.2) is 0 Å². The number of ether oxygens (including phenoxy) is 1. The Morgan fingerprint density at radius 3 is 3.00 bits per heavy atom. The summed E-state index contributed by atoms with van der Waals surface area (Å²) in [6.45, 7) is 7.21. The first-order valence-corrected chi connectivity index (χ1v) is 7.56. The Morgan fingerprint density at radius 2 is 2.33 bits per heavy atom. The fourth-order valence-corrected chi connectivity index (χ4v) is 2.53. The van der Waals surface area contributed by atoms with Crippen LogP contribution in [0.2, 0.25) is 0 Å². The first kappa shape index (κ1) is 15.8. The summed E-state index contributed by atoms with van der Waals surface area (Å²) in [5, 5.41) is 2.97. The molecule has 0 saturated carbocycles. The smallest absolute Gasteiger partial charge is 0.322 e. The second-order valence-corrected chi connectivity index (χ2v) is 5.70. The number of nitrogens with two attached hydrogens (primary N) is 1. The molecule has 1 aliphatic heterocycles. The molecular weight excluding hydrogens is 266 g/mol. The maximum Gasteiger partial charge on any atom is 0.322 e. The highest BCUT2D eigenvalue weighted by atomic mass is 16.5. The average molecular weight is 291 g/mol. The minimum atomic E-state index is -0.0705. The predicted octanol–water partition coefficient (Wildman–Crippen LogP) is 2.74. The molecule has 2 rings (SSSR count). The number of nitrogens with one attached hydrogen (secondary N) is 1. The van der Waals surface area contributed by atoms with Crippen LogP contribution >= 0.6 is 0 Å². The number of benzene rings is 1. The Labute approximate surface area is 126 Å². The molecule has 3 N–H and O–H groups in total. The van der Waals surface area contributed by atoms with E-state index in [1.165, 1.54) is 0 Å². The highest BCUT2D eigenvalue weighted by Gasteiger charge is 2.29. The Morgan fingerprint density at radius 1 is 1.57 bits per heavy atom. The fraction of sp³-hybridized carbons (Fsp3) is 0.562. The van der Waals surface area contributed by atoms with E-state index in [2.05, 4.69) is 12.2 Å². The first-order valence-electron chi connectivity index (χ1n) is 7.56. The molecule has 5 heteroatoms. The number of anilines is 1. The van der Waals surface area contributed by atoms with Gasteiger partial charge in [-0.1, -0.05) is 19.1 Å². The monoisotopic (exact) mass is 291 g/mol.